The molecule has 0 fully saturated rings. The molecule has 0 aliphatic carbocycles. The van der Waals surface area contributed by atoms with Gasteiger partial charge < -0.3 is 14.5 Å². The Labute approximate surface area is 173 Å². The zero-order chi connectivity index (χ0) is 20.2. The number of aromatic nitrogens is 2. The van der Waals surface area contributed by atoms with Crippen LogP contribution >= 0.6 is 35.0 Å². The maximum atomic E-state index is 12.1. The predicted molar refractivity (Wildman–Crippen MR) is 107 cm³/mol. The molecule has 2 aromatic rings. The second-order valence-corrected chi connectivity index (χ2v) is 9.07. The lowest BCUT2D eigenvalue weighted by Gasteiger charge is -2.23. The van der Waals surface area contributed by atoms with Crippen molar-refractivity contribution in [2.75, 3.05) is 0 Å². The molecule has 1 atom stereocenters. The van der Waals surface area contributed by atoms with Gasteiger partial charge in [0.2, 0.25) is 5.89 Å². The average molecular weight is 432 g/mol. The highest BCUT2D eigenvalue weighted by Gasteiger charge is 2.27. The minimum atomic E-state index is -0.584. The molecule has 2 rings (SSSR count). The number of alkyl carbamates (subject to hydrolysis) is 1. The number of nitrogens with zero attached hydrogens (tertiary/aromatic N) is 2. The number of hydrogen-bond donors (Lipinski definition) is 1. The van der Waals surface area contributed by atoms with Crippen LogP contribution in [0.3, 0.4) is 0 Å². The Hall–Kier alpha value is -1.44. The molecular weight excluding hydrogens is 409 g/mol. The fraction of sp³-hybridized carbons (Fsp3) is 0.500. The molecule has 148 valence electrons. The molecule has 0 bridgehead atoms. The standard InChI is InChI=1S/C18H23Cl2N3O3S/c1-10(2)14(21-16(24)26-18(3,4)5)15-22-23-17(25-15)27-9-11-6-7-12(19)8-13(11)20/h6-8,10,14H,9H2,1-5H3,(H,21,24). The average Bonchev–Trinajstić information content (AvgIpc) is 2.98. The van der Waals surface area contributed by atoms with Crippen molar-refractivity contribution < 1.29 is 13.9 Å². The number of nitrogens with one attached hydrogen (secondary N) is 1. The lowest BCUT2D eigenvalue weighted by atomic mass is 10.1. The van der Waals surface area contributed by atoms with Crippen LogP contribution in [0.1, 0.15) is 52.1 Å². The van der Waals surface area contributed by atoms with Crippen LogP contribution in [0.5, 0.6) is 0 Å². The van der Waals surface area contributed by atoms with Crippen LogP contribution in [-0.4, -0.2) is 21.9 Å². The minimum absolute atomic E-state index is 0.0431. The van der Waals surface area contributed by atoms with E-state index >= 15 is 0 Å². The Kier molecular flexibility index (Phi) is 7.42. The highest BCUT2D eigenvalue weighted by atomic mass is 35.5. The summed E-state index contributed by atoms with van der Waals surface area (Å²) in [4.78, 5) is 12.1. The van der Waals surface area contributed by atoms with Gasteiger partial charge in [-0.3, -0.25) is 0 Å². The van der Waals surface area contributed by atoms with Crippen molar-refractivity contribution in [3.63, 3.8) is 0 Å². The van der Waals surface area contributed by atoms with Crippen molar-refractivity contribution >= 4 is 41.1 Å². The third kappa shape index (κ3) is 6.90. The van der Waals surface area contributed by atoms with E-state index in [4.69, 9.17) is 32.4 Å². The number of rotatable bonds is 6. The summed E-state index contributed by atoms with van der Waals surface area (Å²) in [6.45, 7) is 9.32. The van der Waals surface area contributed by atoms with Crippen LogP contribution in [0.4, 0.5) is 4.79 Å². The fourth-order valence-electron chi connectivity index (χ4n) is 2.13. The van der Waals surface area contributed by atoms with E-state index in [1.54, 1.807) is 32.9 Å². The second-order valence-electron chi connectivity index (χ2n) is 7.30. The van der Waals surface area contributed by atoms with Crippen LogP contribution in [-0.2, 0) is 10.5 Å². The molecule has 1 aromatic heterocycles. The predicted octanol–water partition coefficient (Wildman–Crippen LogP) is 5.89. The summed E-state index contributed by atoms with van der Waals surface area (Å²) in [7, 11) is 0. The Bertz CT molecular complexity index is 790. The van der Waals surface area contributed by atoms with E-state index in [0.29, 0.717) is 26.9 Å². The molecule has 0 spiro atoms. The third-order valence-corrected chi connectivity index (χ3v) is 4.85. The summed E-state index contributed by atoms with van der Waals surface area (Å²) in [5, 5.41) is 12.5. The maximum Gasteiger partial charge on any atom is 0.408 e. The van der Waals surface area contributed by atoms with Gasteiger partial charge in [0.05, 0.1) is 0 Å². The van der Waals surface area contributed by atoms with E-state index < -0.39 is 17.7 Å². The van der Waals surface area contributed by atoms with Gasteiger partial charge >= 0.3 is 6.09 Å². The van der Waals surface area contributed by atoms with Crippen molar-refractivity contribution in [3.05, 3.63) is 39.7 Å². The topological polar surface area (TPSA) is 77.2 Å². The number of carbonyl (C=O) groups excluding carboxylic acids is 1. The summed E-state index contributed by atoms with van der Waals surface area (Å²) in [6, 6.07) is 4.89. The summed E-state index contributed by atoms with van der Waals surface area (Å²) in [6.07, 6.45) is -0.526. The molecule has 0 saturated heterocycles. The van der Waals surface area contributed by atoms with Crippen molar-refractivity contribution in [3.8, 4) is 0 Å². The first-order chi connectivity index (χ1) is 12.5. The zero-order valence-electron chi connectivity index (χ0n) is 15.9. The molecule has 1 heterocycles. The minimum Gasteiger partial charge on any atom is -0.444 e. The van der Waals surface area contributed by atoms with Crippen LogP contribution in [0, 0.1) is 5.92 Å². The Morgan fingerprint density at radius 3 is 2.59 bits per heavy atom. The largest absolute Gasteiger partial charge is 0.444 e. The summed E-state index contributed by atoms with van der Waals surface area (Å²) in [5.74, 6) is 0.936. The summed E-state index contributed by atoms with van der Waals surface area (Å²) in [5.41, 5.74) is 0.331. The molecule has 0 saturated carbocycles. The first-order valence-electron chi connectivity index (χ1n) is 8.45. The van der Waals surface area contributed by atoms with Crippen molar-refractivity contribution in [1.82, 2.24) is 15.5 Å². The van der Waals surface area contributed by atoms with Gasteiger partial charge in [0.25, 0.3) is 5.22 Å². The SMILES string of the molecule is CC(C)C(NC(=O)OC(C)(C)C)c1nnc(SCc2ccc(Cl)cc2Cl)o1. The van der Waals surface area contributed by atoms with E-state index in [1.165, 1.54) is 11.8 Å². The zero-order valence-corrected chi connectivity index (χ0v) is 18.2. The molecule has 1 aromatic carbocycles. The number of thioether (sulfide) groups is 1. The molecule has 1 unspecified atom stereocenters. The lowest BCUT2D eigenvalue weighted by Crippen LogP contribution is -2.37. The Morgan fingerprint density at radius 2 is 2.00 bits per heavy atom. The normalized spacial score (nSPS) is 12.9. The molecule has 27 heavy (non-hydrogen) atoms. The molecular formula is C18H23Cl2N3O3S. The van der Waals surface area contributed by atoms with Gasteiger partial charge in [0.1, 0.15) is 11.6 Å². The number of benzene rings is 1. The van der Waals surface area contributed by atoms with Crippen LogP contribution in [0.25, 0.3) is 0 Å². The Morgan fingerprint density at radius 1 is 1.30 bits per heavy atom. The molecule has 0 aliphatic rings. The number of amides is 1. The quantitative estimate of drug-likeness (QED) is 0.574. The van der Waals surface area contributed by atoms with Gasteiger partial charge in [-0.1, -0.05) is 54.9 Å². The van der Waals surface area contributed by atoms with Crippen molar-refractivity contribution in [2.24, 2.45) is 5.92 Å². The molecule has 0 aliphatic heterocycles. The van der Waals surface area contributed by atoms with Gasteiger partial charge in [-0.25, -0.2) is 4.79 Å². The van der Waals surface area contributed by atoms with Gasteiger partial charge in [-0.2, -0.15) is 0 Å². The monoisotopic (exact) mass is 431 g/mol. The van der Waals surface area contributed by atoms with Crippen molar-refractivity contribution in [2.45, 2.75) is 57.2 Å². The van der Waals surface area contributed by atoms with E-state index in [9.17, 15) is 4.79 Å². The highest BCUT2D eigenvalue weighted by Crippen LogP contribution is 2.30. The van der Waals surface area contributed by atoms with Crippen molar-refractivity contribution in [1.29, 1.82) is 0 Å². The first kappa shape index (κ1) is 21.9. The van der Waals surface area contributed by atoms with Crippen LogP contribution in [0.2, 0.25) is 10.0 Å². The highest BCUT2D eigenvalue weighted by molar-refractivity contribution is 7.98. The number of ether oxygens (including phenoxy) is 1. The van der Waals surface area contributed by atoms with E-state index in [0.717, 1.165) is 5.56 Å². The van der Waals surface area contributed by atoms with E-state index in [1.807, 2.05) is 19.9 Å². The van der Waals surface area contributed by atoms with Gasteiger partial charge in [0.15, 0.2) is 0 Å². The molecule has 1 amide bonds. The smallest absolute Gasteiger partial charge is 0.408 e. The lowest BCUT2D eigenvalue weighted by molar-refractivity contribution is 0.0477. The summed E-state index contributed by atoms with van der Waals surface area (Å²) < 4.78 is 11.0. The second kappa shape index (κ2) is 9.17. The van der Waals surface area contributed by atoms with Gasteiger partial charge in [-0.15, -0.1) is 10.2 Å². The number of halogens is 2. The van der Waals surface area contributed by atoms with Crippen LogP contribution in [0.15, 0.2) is 27.8 Å². The third-order valence-electron chi connectivity index (χ3n) is 3.39. The maximum absolute atomic E-state index is 12.1. The number of hydrogen-bond acceptors (Lipinski definition) is 6. The van der Waals surface area contributed by atoms with Crippen LogP contribution < -0.4 is 5.32 Å². The molecule has 6 nitrogen and oxygen atoms in total. The van der Waals surface area contributed by atoms with E-state index in [-0.39, 0.29) is 5.92 Å². The summed E-state index contributed by atoms with van der Waals surface area (Å²) >= 11 is 13.4. The number of carbonyl (C=O) groups is 1. The fourth-order valence-corrected chi connectivity index (χ4v) is 3.46. The van der Waals surface area contributed by atoms with Gasteiger partial charge in [0, 0.05) is 15.8 Å². The Balaban J connectivity index is 2.03. The molecule has 1 N–H and O–H groups in total. The van der Waals surface area contributed by atoms with Gasteiger partial charge in [-0.05, 0) is 44.4 Å². The van der Waals surface area contributed by atoms with E-state index in [2.05, 4.69) is 15.5 Å². The molecule has 9 heteroatoms. The molecule has 0 radical (unpaired) electrons. The first-order valence-corrected chi connectivity index (χ1v) is 10.2.